The van der Waals surface area contributed by atoms with Crippen molar-refractivity contribution in [3.63, 3.8) is 0 Å². The van der Waals surface area contributed by atoms with Crippen molar-refractivity contribution < 1.29 is 23.8 Å². The van der Waals surface area contributed by atoms with Gasteiger partial charge in [0.2, 0.25) is 0 Å². The van der Waals surface area contributed by atoms with Gasteiger partial charge in [-0.15, -0.1) is 11.3 Å². The third-order valence-corrected chi connectivity index (χ3v) is 6.12. The normalized spacial score (nSPS) is 12.0. The smallest absolute Gasteiger partial charge is 0.349 e. The Balaban J connectivity index is 1.83. The van der Waals surface area contributed by atoms with Gasteiger partial charge in [-0.2, -0.15) is 0 Å². The van der Waals surface area contributed by atoms with E-state index in [1.54, 1.807) is 13.8 Å². The van der Waals surface area contributed by atoms with Crippen LogP contribution in [0.1, 0.15) is 47.1 Å². The van der Waals surface area contributed by atoms with Crippen molar-refractivity contribution >= 4 is 33.5 Å². The Hall–Kier alpha value is -3.04. The van der Waals surface area contributed by atoms with Crippen LogP contribution in [0.4, 0.5) is 0 Å². The minimum Gasteiger partial charge on any atom is -0.462 e. The van der Waals surface area contributed by atoms with Crippen LogP contribution < -0.4 is 5.56 Å². The molecule has 0 fully saturated rings. The lowest BCUT2D eigenvalue weighted by molar-refractivity contribution is -0.149. The summed E-state index contributed by atoms with van der Waals surface area (Å²) >= 11 is 1.11. The fourth-order valence-corrected chi connectivity index (χ4v) is 4.29. The molecule has 0 aliphatic rings. The topological polar surface area (TPSA) is 96.7 Å². The van der Waals surface area contributed by atoms with Gasteiger partial charge >= 0.3 is 11.9 Å². The molecule has 0 N–H and O–H groups in total. The van der Waals surface area contributed by atoms with E-state index in [1.165, 1.54) is 10.9 Å². The zero-order valence-electron chi connectivity index (χ0n) is 18.3. The van der Waals surface area contributed by atoms with E-state index in [1.807, 2.05) is 37.3 Å². The monoisotopic (exact) mass is 458 g/mol. The number of nitrogens with zero attached hydrogens (tertiary/aromatic N) is 2. The maximum atomic E-state index is 13.2. The number of fused-ring (bicyclic) bond motifs is 1. The summed E-state index contributed by atoms with van der Waals surface area (Å²) in [6.07, 6.45) is 1.69. The van der Waals surface area contributed by atoms with E-state index in [-0.39, 0.29) is 18.8 Å². The summed E-state index contributed by atoms with van der Waals surface area (Å²) in [5, 5.41) is 0.310. The van der Waals surface area contributed by atoms with Crippen molar-refractivity contribution in [2.45, 2.75) is 39.8 Å². The summed E-state index contributed by atoms with van der Waals surface area (Å²) in [6.45, 7) is 6.40. The molecule has 1 unspecified atom stereocenters. The standard InChI is InChI=1S/C23H26N2O6S/c1-4-17(22(27)30-12-11-29-5-2)25-14-24-20-18(21(25)26)15(3)19(32-20)23(28)31-13-16-9-7-6-8-10-16/h6-10,14,17H,4-5,11-13H2,1-3H3. The molecule has 2 heterocycles. The number of ether oxygens (including phenoxy) is 3. The van der Waals surface area contributed by atoms with Gasteiger partial charge in [0.1, 0.15) is 29.0 Å². The highest BCUT2D eigenvalue weighted by Crippen LogP contribution is 2.28. The second-order valence-electron chi connectivity index (χ2n) is 7.04. The maximum Gasteiger partial charge on any atom is 0.349 e. The molecular weight excluding hydrogens is 432 g/mol. The van der Waals surface area contributed by atoms with E-state index >= 15 is 0 Å². The number of carbonyl (C=O) groups excluding carboxylic acids is 2. The second-order valence-corrected chi connectivity index (χ2v) is 8.04. The molecule has 2 aromatic heterocycles. The van der Waals surface area contributed by atoms with Crippen LogP contribution in [0.2, 0.25) is 0 Å². The molecule has 1 atom stereocenters. The maximum absolute atomic E-state index is 13.2. The highest BCUT2D eigenvalue weighted by molar-refractivity contribution is 7.20. The van der Waals surface area contributed by atoms with Crippen molar-refractivity contribution in [1.29, 1.82) is 0 Å². The van der Waals surface area contributed by atoms with Crippen molar-refractivity contribution in [1.82, 2.24) is 9.55 Å². The Morgan fingerprint density at radius 3 is 2.56 bits per heavy atom. The minimum atomic E-state index is -0.811. The Bertz CT molecular complexity index is 1140. The van der Waals surface area contributed by atoms with E-state index in [0.29, 0.717) is 40.3 Å². The number of carbonyl (C=O) groups is 2. The van der Waals surface area contributed by atoms with Gasteiger partial charge < -0.3 is 14.2 Å². The Labute approximate surface area is 189 Å². The molecule has 9 heteroatoms. The van der Waals surface area contributed by atoms with E-state index in [2.05, 4.69) is 4.98 Å². The number of aromatic nitrogens is 2. The van der Waals surface area contributed by atoms with Crippen LogP contribution in [0.3, 0.4) is 0 Å². The summed E-state index contributed by atoms with van der Waals surface area (Å²) < 4.78 is 17.1. The number of hydrogen-bond donors (Lipinski definition) is 0. The van der Waals surface area contributed by atoms with Crippen LogP contribution in [0.5, 0.6) is 0 Å². The highest BCUT2D eigenvalue weighted by atomic mass is 32.1. The predicted octanol–water partition coefficient (Wildman–Crippen LogP) is 3.65. The summed E-state index contributed by atoms with van der Waals surface area (Å²) in [7, 11) is 0. The SMILES string of the molecule is CCOCCOC(=O)C(CC)n1cnc2sc(C(=O)OCc3ccccc3)c(C)c2c1=O. The molecule has 170 valence electrons. The molecule has 3 rings (SSSR count). The molecule has 32 heavy (non-hydrogen) atoms. The van der Waals surface area contributed by atoms with Crippen LogP contribution in [-0.2, 0) is 25.6 Å². The van der Waals surface area contributed by atoms with Gasteiger partial charge in [0.25, 0.3) is 5.56 Å². The molecule has 0 aliphatic carbocycles. The van der Waals surface area contributed by atoms with Crippen molar-refractivity contribution in [2.75, 3.05) is 19.8 Å². The molecule has 0 radical (unpaired) electrons. The molecule has 0 spiro atoms. The highest BCUT2D eigenvalue weighted by Gasteiger charge is 2.25. The molecule has 1 aromatic carbocycles. The molecule has 0 bridgehead atoms. The predicted molar refractivity (Wildman–Crippen MR) is 121 cm³/mol. The van der Waals surface area contributed by atoms with E-state index in [0.717, 1.165) is 16.9 Å². The molecule has 8 nitrogen and oxygen atoms in total. The second kappa shape index (κ2) is 11.0. The summed E-state index contributed by atoms with van der Waals surface area (Å²) in [5.41, 5.74) is 0.975. The first kappa shape index (κ1) is 23.6. The Morgan fingerprint density at radius 2 is 1.88 bits per heavy atom. The first-order valence-corrected chi connectivity index (χ1v) is 11.2. The lowest BCUT2D eigenvalue weighted by atomic mass is 10.2. The summed E-state index contributed by atoms with van der Waals surface area (Å²) in [4.78, 5) is 43.4. The number of benzene rings is 1. The van der Waals surface area contributed by atoms with Crippen LogP contribution in [0, 0.1) is 6.92 Å². The van der Waals surface area contributed by atoms with Crippen molar-refractivity contribution in [3.05, 3.63) is 63.0 Å². The van der Waals surface area contributed by atoms with Gasteiger partial charge in [0.05, 0.1) is 18.3 Å². The van der Waals surface area contributed by atoms with Crippen LogP contribution in [-0.4, -0.2) is 41.3 Å². The van der Waals surface area contributed by atoms with E-state index in [9.17, 15) is 14.4 Å². The zero-order chi connectivity index (χ0) is 23.1. The average molecular weight is 459 g/mol. The lowest BCUT2D eigenvalue weighted by Crippen LogP contribution is -2.31. The van der Waals surface area contributed by atoms with Crippen molar-refractivity contribution in [3.8, 4) is 0 Å². The Kier molecular flexibility index (Phi) is 8.13. The lowest BCUT2D eigenvalue weighted by Gasteiger charge is -2.16. The first-order valence-electron chi connectivity index (χ1n) is 10.4. The third kappa shape index (κ3) is 5.23. The largest absolute Gasteiger partial charge is 0.462 e. The summed E-state index contributed by atoms with van der Waals surface area (Å²) in [6, 6.07) is 8.54. The summed E-state index contributed by atoms with van der Waals surface area (Å²) in [5.74, 6) is -1.03. The van der Waals surface area contributed by atoms with Crippen LogP contribution >= 0.6 is 11.3 Å². The van der Waals surface area contributed by atoms with Gasteiger partial charge in [-0.05, 0) is 31.4 Å². The molecule has 0 aliphatic heterocycles. The van der Waals surface area contributed by atoms with E-state index in [4.69, 9.17) is 14.2 Å². The average Bonchev–Trinajstić information content (AvgIpc) is 3.15. The van der Waals surface area contributed by atoms with Crippen molar-refractivity contribution in [2.24, 2.45) is 0 Å². The zero-order valence-corrected chi connectivity index (χ0v) is 19.1. The fourth-order valence-electron chi connectivity index (χ4n) is 3.26. The molecule has 0 saturated carbocycles. The Morgan fingerprint density at radius 1 is 1.12 bits per heavy atom. The number of esters is 2. The van der Waals surface area contributed by atoms with Crippen LogP contribution in [0.25, 0.3) is 10.2 Å². The van der Waals surface area contributed by atoms with Gasteiger partial charge in [-0.25, -0.2) is 14.6 Å². The molecule has 0 amide bonds. The fraction of sp³-hybridized carbons (Fsp3) is 0.391. The third-order valence-electron chi connectivity index (χ3n) is 4.94. The number of thiophene rings is 1. The number of aryl methyl sites for hydroxylation is 1. The van der Waals surface area contributed by atoms with E-state index < -0.39 is 18.0 Å². The first-order chi connectivity index (χ1) is 15.5. The minimum absolute atomic E-state index is 0.114. The molecule has 3 aromatic rings. The number of rotatable bonds is 10. The number of hydrogen-bond acceptors (Lipinski definition) is 8. The quantitative estimate of drug-likeness (QED) is 0.338. The van der Waals surface area contributed by atoms with Gasteiger partial charge in [0.15, 0.2) is 0 Å². The molecule has 0 saturated heterocycles. The van der Waals surface area contributed by atoms with Gasteiger partial charge in [-0.3, -0.25) is 9.36 Å². The van der Waals surface area contributed by atoms with Gasteiger partial charge in [-0.1, -0.05) is 37.3 Å². The van der Waals surface area contributed by atoms with Gasteiger partial charge in [0, 0.05) is 6.61 Å². The molecular formula is C23H26N2O6S. The van der Waals surface area contributed by atoms with Crippen LogP contribution in [0.15, 0.2) is 41.5 Å².